The van der Waals surface area contributed by atoms with E-state index in [9.17, 15) is 13.9 Å². The Bertz CT molecular complexity index is 1300. The Balaban J connectivity index is 1.47. The Morgan fingerprint density at radius 2 is 1.73 bits per heavy atom. The van der Waals surface area contributed by atoms with Crippen LogP contribution in [0.25, 0.3) is 23.1 Å². The fourth-order valence-corrected chi connectivity index (χ4v) is 4.75. The summed E-state index contributed by atoms with van der Waals surface area (Å²) in [6.07, 6.45) is 3.06. The second-order valence-electron chi connectivity index (χ2n) is 7.22. The van der Waals surface area contributed by atoms with E-state index in [1.165, 1.54) is 0 Å². The minimum absolute atomic E-state index is 0.404. The lowest BCUT2D eigenvalue weighted by Gasteiger charge is -2.14. The molecule has 5 heteroatoms. The normalized spacial score (nSPS) is 15.8. The van der Waals surface area contributed by atoms with Crippen LogP contribution in [0.2, 0.25) is 0 Å². The third-order valence-corrected chi connectivity index (χ3v) is 6.40. The summed E-state index contributed by atoms with van der Waals surface area (Å²) in [7, 11) is 0. The molecule has 1 atom stereocenters. The smallest absolute Gasteiger partial charge is 0.161 e. The average Bonchev–Trinajstić information content (AvgIpc) is 2.90. The molecule has 0 radical (unpaired) electrons. The molecule has 1 aromatic heterocycles. The van der Waals surface area contributed by atoms with Gasteiger partial charge in [0.15, 0.2) is 11.6 Å². The van der Waals surface area contributed by atoms with Crippen LogP contribution in [-0.2, 0) is 5.75 Å². The van der Waals surface area contributed by atoms with Crippen LogP contribution in [-0.4, -0.2) is 10.1 Å². The van der Waals surface area contributed by atoms with Gasteiger partial charge in [-0.3, -0.25) is 0 Å². The molecular formula is C25H17F2NOS. The van der Waals surface area contributed by atoms with Crippen molar-refractivity contribution in [2.45, 2.75) is 16.8 Å². The molecule has 2 heterocycles. The molecule has 0 aliphatic carbocycles. The first-order valence-corrected chi connectivity index (χ1v) is 10.5. The number of rotatable bonds is 2. The summed E-state index contributed by atoms with van der Waals surface area (Å²) in [5.41, 5.74) is 4.95. The fraction of sp³-hybridized carbons (Fsp3) is 0.0800. The maximum absolute atomic E-state index is 13.5. The van der Waals surface area contributed by atoms with Gasteiger partial charge in [0.25, 0.3) is 0 Å². The quantitative estimate of drug-likeness (QED) is 0.411. The van der Waals surface area contributed by atoms with Crippen molar-refractivity contribution in [2.24, 2.45) is 0 Å². The lowest BCUT2D eigenvalue weighted by atomic mass is 9.96. The molecule has 5 rings (SSSR count). The van der Waals surface area contributed by atoms with E-state index >= 15 is 0 Å². The number of pyridine rings is 1. The van der Waals surface area contributed by atoms with Crippen molar-refractivity contribution in [3.63, 3.8) is 0 Å². The van der Waals surface area contributed by atoms with Crippen molar-refractivity contribution < 1.29 is 13.9 Å². The van der Waals surface area contributed by atoms with Crippen LogP contribution in [0.5, 0.6) is 0 Å². The third-order valence-electron chi connectivity index (χ3n) is 5.26. The first-order chi connectivity index (χ1) is 14.6. The summed E-state index contributed by atoms with van der Waals surface area (Å²) in [6.45, 7) is 0. The van der Waals surface area contributed by atoms with Crippen LogP contribution in [0.15, 0.2) is 71.6 Å². The third kappa shape index (κ3) is 3.51. The molecule has 148 valence electrons. The highest BCUT2D eigenvalue weighted by Crippen LogP contribution is 2.39. The van der Waals surface area contributed by atoms with Crippen LogP contribution in [0, 0.1) is 11.6 Å². The Kier molecular flexibility index (Phi) is 4.85. The predicted octanol–water partition coefficient (Wildman–Crippen LogP) is 6.37. The Labute approximate surface area is 176 Å². The monoisotopic (exact) mass is 417 g/mol. The number of aliphatic hydroxyl groups excluding tert-OH is 1. The van der Waals surface area contributed by atoms with Gasteiger partial charge in [0.05, 0.1) is 11.2 Å². The van der Waals surface area contributed by atoms with Gasteiger partial charge in [0.1, 0.15) is 6.10 Å². The molecule has 1 aliphatic heterocycles. The average molecular weight is 417 g/mol. The largest absolute Gasteiger partial charge is 0.384 e. The number of thioether (sulfide) groups is 1. The number of aromatic nitrogens is 1. The zero-order chi connectivity index (χ0) is 20.7. The van der Waals surface area contributed by atoms with E-state index in [-0.39, 0.29) is 0 Å². The van der Waals surface area contributed by atoms with Gasteiger partial charge in [-0.2, -0.15) is 0 Å². The maximum Gasteiger partial charge on any atom is 0.161 e. The number of aliphatic hydroxyl groups is 1. The fourth-order valence-electron chi connectivity index (χ4n) is 3.68. The molecule has 1 N–H and O–H groups in total. The highest BCUT2D eigenvalue weighted by molar-refractivity contribution is 7.98. The number of hydrogen-bond donors (Lipinski definition) is 1. The number of halogens is 2. The second kappa shape index (κ2) is 7.67. The molecule has 0 saturated heterocycles. The van der Waals surface area contributed by atoms with Crippen LogP contribution in [0.4, 0.5) is 8.78 Å². The molecule has 0 bridgehead atoms. The SMILES string of the molecule is OC1c2ccccc2CSc2ccc(C=Cc3ccc4cc(F)c(F)cc4n3)cc21. The Hall–Kier alpha value is -3.02. The van der Waals surface area contributed by atoms with Crippen molar-refractivity contribution in [1.29, 1.82) is 0 Å². The Morgan fingerprint density at radius 3 is 2.63 bits per heavy atom. The number of benzene rings is 3. The van der Waals surface area contributed by atoms with Crippen molar-refractivity contribution in [2.75, 3.05) is 0 Å². The van der Waals surface area contributed by atoms with E-state index in [1.54, 1.807) is 23.9 Å². The Morgan fingerprint density at radius 1 is 0.900 bits per heavy atom. The summed E-state index contributed by atoms with van der Waals surface area (Å²) in [5.74, 6) is -0.961. The van der Waals surface area contributed by atoms with Gasteiger partial charge in [0, 0.05) is 22.1 Å². The van der Waals surface area contributed by atoms with Crippen LogP contribution < -0.4 is 0 Å². The molecule has 30 heavy (non-hydrogen) atoms. The van der Waals surface area contributed by atoms with E-state index in [0.717, 1.165) is 45.0 Å². The minimum Gasteiger partial charge on any atom is -0.384 e. The summed E-state index contributed by atoms with van der Waals surface area (Å²) >= 11 is 1.72. The maximum atomic E-state index is 13.5. The van der Waals surface area contributed by atoms with Crippen LogP contribution >= 0.6 is 11.8 Å². The molecule has 1 aliphatic rings. The molecule has 3 aromatic carbocycles. The van der Waals surface area contributed by atoms with Gasteiger partial charge >= 0.3 is 0 Å². The zero-order valence-corrected chi connectivity index (χ0v) is 16.7. The highest BCUT2D eigenvalue weighted by Gasteiger charge is 2.21. The van der Waals surface area contributed by atoms with Gasteiger partial charge in [-0.05, 0) is 52.6 Å². The van der Waals surface area contributed by atoms with Gasteiger partial charge < -0.3 is 5.11 Å². The molecular weight excluding hydrogens is 400 g/mol. The number of fused-ring (bicyclic) bond motifs is 3. The van der Waals surface area contributed by atoms with Crippen molar-refractivity contribution >= 4 is 34.8 Å². The molecule has 0 amide bonds. The van der Waals surface area contributed by atoms with E-state index in [0.29, 0.717) is 16.6 Å². The lowest BCUT2D eigenvalue weighted by Crippen LogP contribution is -2.02. The highest BCUT2D eigenvalue weighted by atomic mass is 32.2. The lowest BCUT2D eigenvalue weighted by molar-refractivity contribution is 0.217. The van der Waals surface area contributed by atoms with Crippen molar-refractivity contribution in [3.8, 4) is 0 Å². The first-order valence-electron chi connectivity index (χ1n) is 9.55. The van der Waals surface area contributed by atoms with Crippen molar-refractivity contribution in [1.82, 2.24) is 4.98 Å². The van der Waals surface area contributed by atoms with Crippen LogP contribution in [0.3, 0.4) is 0 Å². The van der Waals surface area contributed by atoms with Gasteiger partial charge in [-0.25, -0.2) is 13.8 Å². The summed E-state index contributed by atoms with van der Waals surface area (Å²) in [6, 6.07) is 19.7. The predicted molar refractivity (Wildman–Crippen MR) is 117 cm³/mol. The van der Waals surface area contributed by atoms with Crippen LogP contribution in [0.1, 0.15) is 34.1 Å². The summed E-state index contributed by atoms with van der Waals surface area (Å²) < 4.78 is 26.9. The first kappa shape index (κ1) is 19.0. The summed E-state index contributed by atoms with van der Waals surface area (Å²) in [4.78, 5) is 5.46. The van der Waals surface area contributed by atoms with Crippen molar-refractivity contribution in [3.05, 3.63) is 106 Å². The summed E-state index contributed by atoms with van der Waals surface area (Å²) in [5, 5.41) is 11.5. The topological polar surface area (TPSA) is 33.1 Å². The zero-order valence-electron chi connectivity index (χ0n) is 15.8. The van der Waals surface area contributed by atoms with Gasteiger partial charge in [-0.15, -0.1) is 11.8 Å². The van der Waals surface area contributed by atoms with E-state index in [1.807, 2.05) is 48.6 Å². The standard InChI is InChI=1S/C25H17F2NOS/c26-21-12-16-7-9-18(28-23(16)13-22(21)27)8-5-15-6-10-24-20(11-15)25(29)19-4-2-1-3-17(19)14-30-24/h1-13,25,29H,14H2. The number of nitrogens with zero attached hydrogens (tertiary/aromatic N) is 1. The second-order valence-corrected chi connectivity index (χ2v) is 8.23. The van der Waals surface area contributed by atoms with Gasteiger partial charge in [-0.1, -0.05) is 42.5 Å². The minimum atomic E-state index is -0.909. The van der Waals surface area contributed by atoms with Gasteiger partial charge in [0.2, 0.25) is 0 Å². The van der Waals surface area contributed by atoms with E-state index in [4.69, 9.17) is 0 Å². The molecule has 1 unspecified atom stereocenters. The van der Waals surface area contributed by atoms with E-state index < -0.39 is 17.7 Å². The number of hydrogen-bond acceptors (Lipinski definition) is 3. The molecule has 0 saturated carbocycles. The molecule has 4 aromatic rings. The molecule has 0 fully saturated rings. The van der Waals surface area contributed by atoms with E-state index in [2.05, 4.69) is 11.1 Å². The molecule has 0 spiro atoms. The molecule has 2 nitrogen and oxygen atoms in total.